The first-order valence-corrected chi connectivity index (χ1v) is 11.0. The molecule has 0 spiro atoms. The second-order valence-corrected chi connectivity index (χ2v) is 8.05. The van der Waals surface area contributed by atoms with Gasteiger partial charge in [-0.3, -0.25) is 0 Å². The smallest absolute Gasteiger partial charge is 0.119 e. The van der Waals surface area contributed by atoms with Crippen molar-refractivity contribution in [2.75, 3.05) is 0 Å². The number of benzene rings is 2. The summed E-state index contributed by atoms with van der Waals surface area (Å²) in [6.07, 6.45) is 10.3. The SMILES string of the molecule is CCCCCCC(C)Oc1ccc(-c2ccc(CCC(C)CC)cc2)cc1. The summed E-state index contributed by atoms with van der Waals surface area (Å²) in [6, 6.07) is 17.6. The van der Waals surface area contributed by atoms with Gasteiger partial charge in [0.15, 0.2) is 0 Å². The largest absolute Gasteiger partial charge is 0.491 e. The van der Waals surface area contributed by atoms with Gasteiger partial charge in [0, 0.05) is 0 Å². The molecule has 0 aromatic heterocycles. The molecule has 2 atom stereocenters. The monoisotopic (exact) mass is 366 g/mol. The van der Waals surface area contributed by atoms with E-state index in [0.717, 1.165) is 18.1 Å². The predicted molar refractivity (Wildman–Crippen MR) is 119 cm³/mol. The first-order valence-electron chi connectivity index (χ1n) is 11.0. The molecule has 27 heavy (non-hydrogen) atoms. The number of aryl methyl sites for hydroxylation is 1. The minimum absolute atomic E-state index is 0.289. The Morgan fingerprint density at radius 3 is 1.96 bits per heavy atom. The van der Waals surface area contributed by atoms with Gasteiger partial charge in [0.2, 0.25) is 0 Å². The molecule has 1 nitrogen and oxygen atoms in total. The summed E-state index contributed by atoms with van der Waals surface area (Å²) in [5, 5.41) is 0. The van der Waals surface area contributed by atoms with Gasteiger partial charge in [0.1, 0.15) is 5.75 Å². The second-order valence-electron chi connectivity index (χ2n) is 8.05. The summed E-state index contributed by atoms with van der Waals surface area (Å²) in [6.45, 7) is 9.04. The maximum Gasteiger partial charge on any atom is 0.119 e. The molecule has 2 aromatic rings. The zero-order valence-corrected chi connectivity index (χ0v) is 17.8. The Balaban J connectivity index is 1.85. The van der Waals surface area contributed by atoms with Crippen LogP contribution in [-0.2, 0) is 6.42 Å². The molecule has 0 aliphatic rings. The van der Waals surface area contributed by atoms with Crippen LogP contribution in [0, 0.1) is 5.92 Å². The molecule has 0 amide bonds. The van der Waals surface area contributed by atoms with Gasteiger partial charge >= 0.3 is 0 Å². The van der Waals surface area contributed by atoms with Crippen molar-refractivity contribution in [3.8, 4) is 16.9 Å². The molecule has 2 rings (SSSR count). The van der Waals surface area contributed by atoms with Gasteiger partial charge in [-0.1, -0.05) is 82.9 Å². The second kappa shape index (κ2) is 11.8. The Morgan fingerprint density at radius 1 is 0.741 bits per heavy atom. The molecule has 0 saturated heterocycles. The molecule has 0 heterocycles. The van der Waals surface area contributed by atoms with E-state index in [0.29, 0.717) is 0 Å². The highest BCUT2D eigenvalue weighted by atomic mass is 16.5. The number of ether oxygens (including phenoxy) is 1. The van der Waals surface area contributed by atoms with Crippen molar-refractivity contribution < 1.29 is 4.74 Å². The van der Waals surface area contributed by atoms with E-state index < -0.39 is 0 Å². The van der Waals surface area contributed by atoms with Crippen molar-refractivity contribution in [3.63, 3.8) is 0 Å². The van der Waals surface area contributed by atoms with Gasteiger partial charge in [-0.15, -0.1) is 0 Å². The van der Waals surface area contributed by atoms with Gasteiger partial charge < -0.3 is 4.74 Å². The Labute approximate surface area is 167 Å². The van der Waals surface area contributed by atoms with Gasteiger partial charge in [0.05, 0.1) is 6.10 Å². The lowest BCUT2D eigenvalue weighted by Gasteiger charge is -2.15. The van der Waals surface area contributed by atoms with Gasteiger partial charge in [0.25, 0.3) is 0 Å². The molecule has 0 saturated carbocycles. The lowest BCUT2D eigenvalue weighted by atomic mass is 9.97. The van der Waals surface area contributed by atoms with E-state index in [1.807, 2.05) is 0 Å². The summed E-state index contributed by atoms with van der Waals surface area (Å²) in [5.41, 5.74) is 3.98. The van der Waals surface area contributed by atoms with Crippen LogP contribution in [-0.4, -0.2) is 6.10 Å². The third kappa shape index (κ3) is 7.79. The molecule has 2 aromatic carbocycles. The third-order valence-corrected chi connectivity index (χ3v) is 5.57. The van der Waals surface area contributed by atoms with E-state index in [-0.39, 0.29) is 6.10 Å². The molecular formula is C26H38O. The summed E-state index contributed by atoms with van der Waals surface area (Å²) in [5.74, 6) is 1.79. The molecule has 0 fully saturated rings. The van der Waals surface area contributed by atoms with Crippen molar-refractivity contribution in [1.29, 1.82) is 0 Å². The molecule has 148 valence electrons. The normalized spacial score (nSPS) is 13.3. The van der Waals surface area contributed by atoms with Crippen molar-refractivity contribution in [2.45, 2.75) is 85.2 Å². The highest BCUT2D eigenvalue weighted by molar-refractivity contribution is 5.64. The molecule has 0 N–H and O–H groups in total. The summed E-state index contributed by atoms with van der Waals surface area (Å²) in [7, 11) is 0. The van der Waals surface area contributed by atoms with Crippen LogP contribution in [0.3, 0.4) is 0 Å². The fourth-order valence-corrected chi connectivity index (χ4v) is 3.36. The van der Waals surface area contributed by atoms with E-state index in [9.17, 15) is 0 Å². The van der Waals surface area contributed by atoms with E-state index in [1.165, 1.54) is 61.6 Å². The van der Waals surface area contributed by atoms with Crippen LogP contribution >= 0.6 is 0 Å². The van der Waals surface area contributed by atoms with E-state index in [4.69, 9.17) is 4.74 Å². The lowest BCUT2D eigenvalue weighted by molar-refractivity contribution is 0.206. The summed E-state index contributed by atoms with van der Waals surface area (Å²) < 4.78 is 6.07. The number of rotatable bonds is 12. The van der Waals surface area contributed by atoms with Crippen molar-refractivity contribution in [1.82, 2.24) is 0 Å². The number of hydrogen-bond acceptors (Lipinski definition) is 1. The van der Waals surface area contributed by atoms with Crippen LogP contribution in [0.25, 0.3) is 11.1 Å². The predicted octanol–water partition coefficient (Wildman–Crippen LogP) is 8.07. The van der Waals surface area contributed by atoms with Gasteiger partial charge in [-0.25, -0.2) is 0 Å². The Morgan fingerprint density at radius 2 is 1.37 bits per heavy atom. The minimum atomic E-state index is 0.289. The van der Waals surface area contributed by atoms with E-state index in [1.54, 1.807) is 0 Å². The average molecular weight is 367 g/mol. The van der Waals surface area contributed by atoms with Crippen LogP contribution < -0.4 is 4.74 Å². The van der Waals surface area contributed by atoms with E-state index in [2.05, 4.69) is 76.2 Å². The molecular weight excluding hydrogens is 328 g/mol. The Kier molecular flexibility index (Phi) is 9.45. The zero-order valence-electron chi connectivity index (χ0n) is 17.8. The zero-order chi connectivity index (χ0) is 19.5. The van der Waals surface area contributed by atoms with Crippen LogP contribution in [0.1, 0.15) is 78.2 Å². The summed E-state index contributed by atoms with van der Waals surface area (Å²) in [4.78, 5) is 0. The maximum atomic E-state index is 6.07. The van der Waals surface area contributed by atoms with Crippen LogP contribution in [0.5, 0.6) is 5.75 Å². The quantitative estimate of drug-likeness (QED) is 0.345. The van der Waals surface area contributed by atoms with Gasteiger partial charge in [-0.05, 0) is 67.3 Å². The number of unbranched alkanes of at least 4 members (excludes halogenated alkanes) is 3. The van der Waals surface area contributed by atoms with Crippen molar-refractivity contribution in [3.05, 3.63) is 54.1 Å². The molecule has 1 heteroatoms. The Hall–Kier alpha value is -1.76. The van der Waals surface area contributed by atoms with Crippen LogP contribution in [0.2, 0.25) is 0 Å². The molecule has 0 bridgehead atoms. The summed E-state index contributed by atoms with van der Waals surface area (Å²) >= 11 is 0. The molecule has 0 radical (unpaired) electrons. The fourth-order valence-electron chi connectivity index (χ4n) is 3.36. The molecule has 2 unspecified atom stereocenters. The average Bonchev–Trinajstić information content (AvgIpc) is 2.70. The van der Waals surface area contributed by atoms with Gasteiger partial charge in [-0.2, -0.15) is 0 Å². The first kappa shape index (κ1) is 21.5. The Bertz CT molecular complexity index is 626. The van der Waals surface area contributed by atoms with Crippen LogP contribution in [0.15, 0.2) is 48.5 Å². The molecule has 0 aliphatic heterocycles. The highest BCUT2D eigenvalue weighted by Gasteiger charge is 2.05. The lowest BCUT2D eigenvalue weighted by Crippen LogP contribution is -2.11. The number of hydrogen-bond donors (Lipinski definition) is 0. The maximum absolute atomic E-state index is 6.07. The fraction of sp³-hybridized carbons (Fsp3) is 0.538. The first-order chi connectivity index (χ1) is 13.1. The highest BCUT2D eigenvalue weighted by Crippen LogP contribution is 2.24. The minimum Gasteiger partial charge on any atom is -0.491 e. The van der Waals surface area contributed by atoms with Crippen molar-refractivity contribution >= 4 is 0 Å². The topological polar surface area (TPSA) is 9.23 Å². The standard InChI is InChI=1S/C26H38O/c1-5-7-8-9-10-22(4)27-26-19-17-25(18-20-26)24-15-13-23(14-16-24)12-11-21(3)6-2/h13-22H,5-12H2,1-4H3. The van der Waals surface area contributed by atoms with Crippen molar-refractivity contribution in [2.24, 2.45) is 5.92 Å². The van der Waals surface area contributed by atoms with Crippen LogP contribution in [0.4, 0.5) is 0 Å². The molecule has 0 aliphatic carbocycles. The van der Waals surface area contributed by atoms with E-state index >= 15 is 0 Å². The third-order valence-electron chi connectivity index (χ3n) is 5.57.